The molecular formula is C11H17NO6. The van der Waals surface area contributed by atoms with Gasteiger partial charge >= 0.3 is 12.1 Å². The summed E-state index contributed by atoms with van der Waals surface area (Å²) < 4.78 is 9.35. The lowest BCUT2D eigenvalue weighted by atomic mass is 10.2. The fourth-order valence-electron chi connectivity index (χ4n) is 0.796. The fourth-order valence-corrected chi connectivity index (χ4v) is 0.796. The lowest BCUT2D eigenvalue weighted by Gasteiger charge is -2.17. The summed E-state index contributed by atoms with van der Waals surface area (Å²) in [6.45, 7) is 7.66. The Bertz CT molecular complexity index is 366. The standard InChI is InChI=1S/C11H17NO6/c1-6-16-9(14)8(7(2)13)12-18-10(15)17-11(3,4)5/h6H2,1-5H3. The summed E-state index contributed by atoms with van der Waals surface area (Å²) in [6.07, 6.45) is -1.11. The minimum Gasteiger partial charge on any atom is -0.461 e. The predicted molar refractivity (Wildman–Crippen MR) is 62.1 cm³/mol. The smallest absolute Gasteiger partial charge is 0.461 e. The van der Waals surface area contributed by atoms with E-state index in [0.29, 0.717) is 0 Å². The molecular weight excluding hydrogens is 242 g/mol. The van der Waals surface area contributed by atoms with Crippen LogP contribution in [0.1, 0.15) is 34.6 Å². The number of Topliss-reactive ketones (excluding diaryl/α,β-unsaturated/α-hetero) is 1. The van der Waals surface area contributed by atoms with Crippen LogP contribution in [0.15, 0.2) is 5.16 Å². The van der Waals surface area contributed by atoms with Gasteiger partial charge in [0.15, 0.2) is 5.78 Å². The molecule has 0 bridgehead atoms. The third kappa shape index (κ3) is 6.62. The molecule has 0 unspecified atom stereocenters. The van der Waals surface area contributed by atoms with Gasteiger partial charge in [0.25, 0.3) is 0 Å². The molecule has 0 spiro atoms. The molecule has 0 saturated carbocycles. The maximum atomic E-state index is 11.3. The van der Waals surface area contributed by atoms with E-state index in [4.69, 9.17) is 4.74 Å². The van der Waals surface area contributed by atoms with Crippen LogP contribution in [-0.4, -0.2) is 35.8 Å². The fraction of sp³-hybridized carbons (Fsp3) is 0.636. The average molecular weight is 259 g/mol. The molecule has 0 fully saturated rings. The van der Waals surface area contributed by atoms with Crippen LogP contribution in [0.3, 0.4) is 0 Å². The van der Waals surface area contributed by atoms with Crippen molar-refractivity contribution in [3.63, 3.8) is 0 Å². The molecule has 18 heavy (non-hydrogen) atoms. The van der Waals surface area contributed by atoms with Gasteiger partial charge in [-0.1, -0.05) is 5.16 Å². The Labute approximate surface area is 105 Å². The van der Waals surface area contributed by atoms with Gasteiger partial charge in [0.1, 0.15) is 5.60 Å². The van der Waals surface area contributed by atoms with Crippen LogP contribution in [0.4, 0.5) is 4.79 Å². The number of ketones is 1. The van der Waals surface area contributed by atoms with E-state index in [1.165, 1.54) is 0 Å². The molecule has 0 aliphatic rings. The van der Waals surface area contributed by atoms with Gasteiger partial charge in [0.05, 0.1) is 6.61 Å². The van der Waals surface area contributed by atoms with Crippen molar-refractivity contribution in [2.45, 2.75) is 40.2 Å². The number of carbonyl (C=O) groups excluding carboxylic acids is 3. The van der Waals surface area contributed by atoms with Gasteiger partial charge in [-0.05, 0) is 27.7 Å². The summed E-state index contributed by atoms with van der Waals surface area (Å²) >= 11 is 0. The Hall–Kier alpha value is -1.92. The van der Waals surface area contributed by atoms with Crippen LogP contribution in [0, 0.1) is 0 Å². The topological polar surface area (TPSA) is 91.3 Å². The van der Waals surface area contributed by atoms with E-state index in [2.05, 4.69) is 14.7 Å². The molecule has 0 heterocycles. The largest absolute Gasteiger partial charge is 0.535 e. The zero-order valence-electron chi connectivity index (χ0n) is 11.1. The van der Waals surface area contributed by atoms with Gasteiger partial charge < -0.3 is 9.47 Å². The molecule has 0 rings (SSSR count). The number of rotatable bonds is 4. The Balaban J connectivity index is 4.65. The number of hydrogen-bond acceptors (Lipinski definition) is 7. The minimum absolute atomic E-state index is 0.0809. The van der Waals surface area contributed by atoms with Crippen LogP contribution in [0.5, 0.6) is 0 Å². The number of nitrogens with zero attached hydrogens (tertiary/aromatic N) is 1. The average Bonchev–Trinajstić information content (AvgIpc) is 2.14. The Morgan fingerprint density at radius 1 is 1.17 bits per heavy atom. The summed E-state index contributed by atoms with van der Waals surface area (Å²) in [5, 5.41) is 3.14. The summed E-state index contributed by atoms with van der Waals surface area (Å²) in [6, 6.07) is 0. The Morgan fingerprint density at radius 3 is 2.11 bits per heavy atom. The third-order valence-electron chi connectivity index (χ3n) is 1.40. The predicted octanol–water partition coefficient (Wildman–Crippen LogP) is 1.45. The van der Waals surface area contributed by atoms with E-state index in [9.17, 15) is 14.4 Å². The molecule has 7 heteroatoms. The van der Waals surface area contributed by atoms with Gasteiger partial charge in [-0.15, -0.1) is 0 Å². The number of hydrogen-bond donors (Lipinski definition) is 0. The van der Waals surface area contributed by atoms with Crippen LogP contribution in [-0.2, 0) is 23.9 Å². The molecule has 7 nitrogen and oxygen atoms in total. The second-order valence-electron chi connectivity index (χ2n) is 4.27. The normalized spacial score (nSPS) is 11.7. The van der Waals surface area contributed by atoms with Crippen LogP contribution in [0.25, 0.3) is 0 Å². The quantitative estimate of drug-likeness (QED) is 0.249. The molecule has 0 radical (unpaired) electrons. The van der Waals surface area contributed by atoms with E-state index in [1.54, 1.807) is 27.7 Å². The first-order valence-corrected chi connectivity index (χ1v) is 5.33. The highest BCUT2D eigenvalue weighted by molar-refractivity contribution is 6.63. The first-order valence-electron chi connectivity index (χ1n) is 5.33. The Morgan fingerprint density at radius 2 is 1.72 bits per heavy atom. The first-order chi connectivity index (χ1) is 8.17. The maximum absolute atomic E-state index is 11.3. The van der Waals surface area contributed by atoms with Gasteiger partial charge in [0, 0.05) is 6.92 Å². The van der Waals surface area contributed by atoms with E-state index in [-0.39, 0.29) is 6.61 Å². The highest BCUT2D eigenvalue weighted by Crippen LogP contribution is 2.08. The summed E-state index contributed by atoms with van der Waals surface area (Å²) in [4.78, 5) is 37.8. The summed E-state index contributed by atoms with van der Waals surface area (Å²) in [7, 11) is 0. The van der Waals surface area contributed by atoms with Crippen LogP contribution in [0.2, 0.25) is 0 Å². The van der Waals surface area contributed by atoms with Gasteiger partial charge in [0.2, 0.25) is 5.71 Å². The molecule has 0 aromatic heterocycles. The number of oxime groups is 1. The van der Waals surface area contributed by atoms with Crippen molar-refractivity contribution in [2.24, 2.45) is 5.16 Å². The zero-order valence-corrected chi connectivity index (χ0v) is 11.1. The summed E-state index contributed by atoms with van der Waals surface area (Å²) in [5.74, 6) is -1.62. The van der Waals surface area contributed by atoms with Crippen molar-refractivity contribution in [3.8, 4) is 0 Å². The molecule has 0 aromatic rings. The molecule has 0 N–H and O–H groups in total. The SMILES string of the molecule is CCOC(=O)C(=NOC(=O)OC(C)(C)C)C(C)=O. The lowest BCUT2D eigenvalue weighted by Crippen LogP contribution is -2.27. The number of ether oxygens (including phenoxy) is 2. The van der Waals surface area contributed by atoms with Gasteiger partial charge in [-0.2, -0.15) is 0 Å². The van der Waals surface area contributed by atoms with Gasteiger partial charge in [-0.3, -0.25) is 9.63 Å². The monoisotopic (exact) mass is 259 g/mol. The maximum Gasteiger partial charge on any atom is 0.535 e. The highest BCUT2D eigenvalue weighted by atomic mass is 16.8. The van der Waals surface area contributed by atoms with Crippen molar-refractivity contribution in [2.75, 3.05) is 6.61 Å². The minimum atomic E-state index is -1.11. The van der Waals surface area contributed by atoms with Crippen LogP contribution < -0.4 is 0 Å². The summed E-state index contributed by atoms with van der Waals surface area (Å²) in [5.41, 5.74) is -1.35. The molecule has 0 aliphatic carbocycles. The molecule has 0 atom stereocenters. The van der Waals surface area contributed by atoms with E-state index < -0.39 is 29.2 Å². The van der Waals surface area contributed by atoms with E-state index >= 15 is 0 Å². The Kier molecular flexibility index (Phi) is 6.01. The first kappa shape index (κ1) is 16.1. The zero-order chi connectivity index (χ0) is 14.3. The van der Waals surface area contributed by atoms with Gasteiger partial charge in [-0.25, -0.2) is 9.59 Å². The molecule has 102 valence electrons. The van der Waals surface area contributed by atoms with Crippen molar-refractivity contribution < 1.29 is 28.7 Å². The second kappa shape index (κ2) is 6.73. The van der Waals surface area contributed by atoms with Crippen molar-refractivity contribution in [1.82, 2.24) is 0 Å². The molecule has 0 amide bonds. The van der Waals surface area contributed by atoms with Crippen LogP contribution >= 0.6 is 0 Å². The van der Waals surface area contributed by atoms with Crippen molar-refractivity contribution in [3.05, 3.63) is 0 Å². The van der Waals surface area contributed by atoms with Crippen molar-refractivity contribution >= 4 is 23.6 Å². The third-order valence-corrected chi connectivity index (χ3v) is 1.40. The number of carbonyl (C=O) groups is 3. The molecule has 0 aromatic carbocycles. The van der Waals surface area contributed by atoms with E-state index in [1.807, 2.05) is 0 Å². The molecule has 0 aliphatic heterocycles. The molecule has 0 saturated heterocycles. The van der Waals surface area contributed by atoms with E-state index in [0.717, 1.165) is 6.92 Å². The number of esters is 1. The van der Waals surface area contributed by atoms with Crippen molar-refractivity contribution in [1.29, 1.82) is 0 Å². The highest BCUT2D eigenvalue weighted by Gasteiger charge is 2.22. The lowest BCUT2D eigenvalue weighted by molar-refractivity contribution is -0.135. The second-order valence-corrected chi connectivity index (χ2v) is 4.27.